The van der Waals surface area contributed by atoms with Gasteiger partial charge < -0.3 is 4.74 Å². The molecule has 1 atom stereocenters. The first-order valence-corrected chi connectivity index (χ1v) is 5.82. The van der Waals surface area contributed by atoms with Crippen LogP contribution in [-0.2, 0) is 4.74 Å². The van der Waals surface area contributed by atoms with Crippen molar-refractivity contribution in [2.75, 3.05) is 6.61 Å². The summed E-state index contributed by atoms with van der Waals surface area (Å²) in [6, 6.07) is 5.23. The predicted molar refractivity (Wildman–Crippen MR) is 63.2 cm³/mol. The second-order valence-corrected chi connectivity index (χ2v) is 4.06. The van der Waals surface area contributed by atoms with Gasteiger partial charge in [0.05, 0.1) is 6.61 Å². The summed E-state index contributed by atoms with van der Waals surface area (Å²) in [6.45, 7) is 4.74. The van der Waals surface area contributed by atoms with Crippen LogP contribution in [0.4, 0.5) is 0 Å². The molecule has 0 aromatic carbocycles. The predicted octanol–water partition coefficient (Wildman–Crippen LogP) is 3.06. The van der Waals surface area contributed by atoms with Crippen LogP contribution in [0.3, 0.4) is 0 Å². The molecule has 1 rings (SSSR count). The van der Waals surface area contributed by atoms with Crippen molar-refractivity contribution in [1.82, 2.24) is 4.98 Å². The van der Waals surface area contributed by atoms with E-state index >= 15 is 0 Å². The first-order valence-electron chi connectivity index (χ1n) is 5.82. The number of hydrogen-bond donors (Lipinski definition) is 0. The zero-order valence-electron chi connectivity index (χ0n) is 9.98. The number of rotatable bonds is 6. The van der Waals surface area contributed by atoms with E-state index in [0.29, 0.717) is 18.2 Å². The molecule has 1 aromatic heterocycles. The fraction of sp³-hybridized carbons (Fsp3) is 0.538. The molecule has 0 amide bonds. The largest absolute Gasteiger partial charge is 0.461 e. The molecule has 0 bridgehead atoms. The molecule has 16 heavy (non-hydrogen) atoms. The Morgan fingerprint density at radius 3 is 2.94 bits per heavy atom. The van der Waals surface area contributed by atoms with Gasteiger partial charge in [0.15, 0.2) is 0 Å². The number of carbonyl (C=O) groups excluding carboxylic acids is 1. The smallest absolute Gasteiger partial charge is 0.356 e. The van der Waals surface area contributed by atoms with Crippen molar-refractivity contribution in [2.45, 2.75) is 33.1 Å². The number of unbranched alkanes of at least 4 members (excludes halogenated alkanes) is 1. The van der Waals surface area contributed by atoms with Gasteiger partial charge in [-0.15, -0.1) is 0 Å². The highest BCUT2D eigenvalue weighted by atomic mass is 16.5. The van der Waals surface area contributed by atoms with Crippen LogP contribution < -0.4 is 0 Å². The molecule has 0 aliphatic heterocycles. The zero-order chi connectivity index (χ0) is 11.8. The minimum absolute atomic E-state index is 0.330. The molecule has 3 nitrogen and oxygen atoms in total. The molecule has 0 fully saturated rings. The monoisotopic (exact) mass is 221 g/mol. The van der Waals surface area contributed by atoms with E-state index in [1.54, 1.807) is 24.4 Å². The van der Waals surface area contributed by atoms with Crippen molar-refractivity contribution in [3.8, 4) is 0 Å². The summed E-state index contributed by atoms with van der Waals surface area (Å²) in [5.74, 6) is 0.0940. The maximum atomic E-state index is 11.5. The van der Waals surface area contributed by atoms with Crippen molar-refractivity contribution < 1.29 is 9.53 Å². The highest BCUT2D eigenvalue weighted by Crippen LogP contribution is 2.08. The van der Waals surface area contributed by atoms with E-state index in [9.17, 15) is 4.79 Å². The molecule has 0 aliphatic carbocycles. The number of aromatic nitrogens is 1. The number of hydrogen-bond acceptors (Lipinski definition) is 3. The summed E-state index contributed by atoms with van der Waals surface area (Å²) >= 11 is 0. The lowest BCUT2D eigenvalue weighted by Crippen LogP contribution is -2.13. The average molecular weight is 221 g/mol. The minimum atomic E-state index is -0.330. The van der Waals surface area contributed by atoms with Crippen LogP contribution in [0.2, 0.25) is 0 Å². The van der Waals surface area contributed by atoms with Crippen molar-refractivity contribution in [3.05, 3.63) is 30.1 Å². The molecule has 0 saturated heterocycles. The van der Waals surface area contributed by atoms with Crippen LogP contribution in [0.5, 0.6) is 0 Å². The second-order valence-electron chi connectivity index (χ2n) is 4.06. The second kappa shape index (κ2) is 6.99. The summed E-state index contributed by atoms with van der Waals surface area (Å²) in [7, 11) is 0. The van der Waals surface area contributed by atoms with Gasteiger partial charge in [-0.1, -0.05) is 32.8 Å². The van der Waals surface area contributed by atoms with Gasteiger partial charge in [-0.05, 0) is 24.5 Å². The Hall–Kier alpha value is -1.38. The quantitative estimate of drug-likeness (QED) is 0.693. The number of pyridine rings is 1. The number of carbonyl (C=O) groups is 1. The maximum absolute atomic E-state index is 11.5. The lowest BCUT2D eigenvalue weighted by atomic mass is 10.1. The summed E-state index contributed by atoms with van der Waals surface area (Å²) in [5, 5.41) is 0. The Balaban J connectivity index is 2.30. The summed E-state index contributed by atoms with van der Waals surface area (Å²) in [6.07, 6.45) is 5.06. The highest BCUT2D eigenvalue weighted by molar-refractivity contribution is 5.87. The molecule has 0 aliphatic rings. The fourth-order valence-electron chi connectivity index (χ4n) is 1.41. The molecule has 1 heterocycles. The summed E-state index contributed by atoms with van der Waals surface area (Å²) < 4.78 is 5.19. The Morgan fingerprint density at radius 2 is 2.31 bits per heavy atom. The molecule has 0 radical (unpaired) electrons. The van der Waals surface area contributed by atoms with Gasteiger partial charge in [-0.3, -0.25) is 0 Å². The number of esters is 1. The van der Waals surface area contributed by atoms with Crippen molar-refractivity contribution >= 4 is 5.97 Å². The molecular formula is C13H19NO2. The fourth-order valence-corrected chi connectivity index (χ4v) is 1.41. The maximum Gasteiger partial charge on any atom is 0.356 e. The molecule has 0 saturated carbocycles. The van der Waals surface area contributed by atoms with E-state index < -0.39 is 0 Å². The van der Waals surface area contributed by atoms with Crippen LogP contribution in [0.25, 0.3) is 0 Å². The van der Waals surface area contributed by atoms with Gasteiger partial charge in [-0.25, -0.2) is 9.78 Å². The minimum Gasteiger partial charge on any atom is -0.461 e. The number of ether oxygens (including phenoxy) is 1. The molecule has 1 aromatic rings. The molecular weight excluding hydrogens is 202 g/mol. The van der Waals surface area contributed by atoms with Crippen LogP contribution in [-0.4, -0.2) is 17.6 Å². The average Bonchev–Trinajstić information content (AvgIpc) is 2.34. The third kappa shape index (κ3) is 4.43. The molecule has 3 heteroatoms. The van der Waals surface area contributed by atoms with Crippen LogP contribution in [0.1, 0.15) is 43.6 Å². The van der Waals surface area contributed by atoms with Crippen LogP contribution >= 0.6 is 0 Å². The van der Waals surface area contributed by atoms with Crippen LogP contribution in [0, 0.1) is 5.92 Å². The van der Waals surface area contributed by atoms with Gasteiger partial charge in [0.25, 0.3) is 0 Å². The Kier molecular flexibility index (Phi) is 5.54. The molecule has 1 unspecified atom stereocenters. The van der Waals surface area contributed by atoms with Crippen LogP contribution in [0.15, 0.2) is 24.4 Å². The van der Waals surface area contributed by atoms with E-state index in [2.05, 4.69) is 18.8 Å². The van der Waals surface area contributed by atoms with Gasteiger partial charge >= 0.3 is 5.97 Å². The van der Waals surface area contributed by atoms with E-state index in [4.69, 9.17) is 4.74 Å². The molecule has 0 N–H and O–H groups in total. The van der Waals surface area contributed by atoms with Gasteiger partial charge in [0.2, 0.25) is 0 Å². The molecule has 0 spiro atoms. The lowest BCUT2D eigenvalue weighted by Gasteiger charge is -2.10. The van der Waals surface area contributed by atoms with E-state index in [1.165, 1.54) is 12.8 Å². The SMILES string of the molecule is CCCCC(C)COC(=O)c1ccccn1. The third-order valence-electron chi connectivity index (χ3n) is 2.42. The third-order valence-corrected chi connectivity index (χ3v) is 2.42. The Morgan fingerprint density at radius 1 is 1.50 bits per heavy atom. The van der Waals surface area contributed by atoms with E-state index in [-0.39, 0.29) is 5.97 Å². The van der Waals surface area contributed by atoms with Gasteiger partial charge in [-0.2, -0.15) is 0 Å². The van der Waals surface area contributed by atoms with Gasteiger partial charge in [0, 0.05) is 6.20 Å². The van der Waals surface area contributed by atoms with E-state index in [0.717, 1.165) is 6.42 Å². The number of nitrogens with zero attached hydrogens (tertiary/aromatic N) is 1. The Labute approximate surface area is 96.8 Å². The first-order chi connectivity index (χ1) is 7.74. The zero-order valence-corrected chi connectivity index (χ0v) is 9.98. The normalized spacial score (nSPS) is 12.1. The van der Waals surface area contributed by atoms with Gasteiger partial charge in [0.1, 0.15) is 5.69 Å². The molecule has 88 valence electrons. The summed E-state index contributed by atoms with van der Waals surface area (Å²) in [5.41, 5.74) is 0.380. The topological polar surface area (TPSA) is 39.2 Å². The lowest BCUT2D eigenvalue weighted by molar-refractivity contribution is 0.0436. The standard InChI is InChI=1S/C13H19NO2/c1-3-4-7-11(2)10-16-13(15)12-8-5-6-9-14-12/h5-6,8-9,11H,3-4,7,10H2,1-2H3. The van der Waals surface area contributed by atoms with Crippen molar-refractivity contribution in [3.63, 3.8) is 0 Å². The first kappa shape index (κ1) is 12.7. The van der Waals surface area contributed by atoms with Crippen molar-refractivity contribution in [2.24, 2.45) is 5.92 Å². The summed E-state index contributed by atoms with van der Waals surface area (Å²) in [4.78, 5) is 15.5. The highest BCUT2D eigenvalue weighted by Gasteiger charge is 2.09. The Bertz CT molecular complexity index is 311. The van der Waals surface area contributed by atoms with E-state index in [1.807, 2.05) is 0 Å². The van der Waals surface area contributed by atoms with Crippen molar-refractivity contribution in [1.29, 1.82) is 0 Å².